The molecule has 0 aromatic heterocycles. The highest BCUT2D eigenvalue weighted by atomic mass is 32.2. The number of nitro benzene ring substituents is 1. The Morgan fingerprint density at radius 3 is 2.33 bits per heavy atom. The van der Waals surface area contributed by atoms with Crippen LogP contribution in [0, 0.1) is 10.1 Å². The third-order valence-electron chi connectivity index (χ3n) is 4.39. The Kier molecular flexibility index (Phi) is 5.52. The minimum atomic E-state index is -3.63. The second-order valence-corrected chi connectivity index (χ2v) is 8.19. The molecule has 1 fully saturated rings. The van der Waals surface area contributed by atoms with Crippen LogP contribution in [0.2, 0.25) is 0 Å². The highest BCUT2D eigenvalue weighted by molar-refractivity contribution is 7.89. The summed E-state index contributed by atoms with van der Waals surface area (Å²) in [5.74, 6) is -0.487. The van der Waals surface area contributed by atoms with Crippen molar-refractivity contribution in [3.63, 3.8) is 0 Å². The molecule has 27 heavy (non-hydrogen) atoms. The zero-order valence-electron chi connectivity index (χ0n) is 14.5. The first kappa shape index (κ1) is 19.0. The molecular formula is C18H19N3O5S. The fourth-order valence-corrected chi connectivity index (χ4v) is 4.49. The summed E-state index contributed by atoms with van der Waals surface area (Å²) in [5, 5.41) is 13.3. The van der Waals surface area contributed by atoms with Gasteiger partial charge in [-0.1, -0.05) is 12.5 Å². The first-order valence-electron chi connectivity index (χ1n) is 8.54. The lowest BCUT2D eigenvalue weighted by Crippen LogP contribution is -2.35. The van der Waals surface area contributed by atoms with E-state index in [0.717, 1.165) is 19.3 Å². The highest BCUT2D eigenvalue weighted by Gasteiger charge is 2.26. The van der Waals surface area contributed by atoms with Gasteiger partial charge in [0.2, 0.25) is 10.0 Å². The number of nitrogens with one attached hydrogen (secondary N) is 1. The third kappa shape index (κ3) is 4.32. The van der Waals surface area contributed by atoms with Crippen molar-refractivity contribution in [3.8, 4) is 0 Å². The number of sulfonamides is 1. The van der Waals surface area contributed by atoms with E-state index in [1.165, 1.54) is 52.8 Å². The fourth-order valence-electron chi connectivity index (χ4n) is 2.92. The van der Waals surface area contributed by atoms with Crippen LogP contribution in [0.3, 0.4) is 0 Å². The molecule has 0 radical (unpaired) electrons. The quantitative estimate of drug-likeness (QED) is 0.624. The van der Waals surface area contributed by atoms with Gasteiger partial charge in [-0.15, -0.1) is 0 Å². The van der Waals surface area contributed by atoms with Crippen molar-refractivity contribution < 1.29 is 18.1 Å². The molecule has 3 rings (SSSR count). The molecule has 8 nitrogen and oxygen atoms in total. The largest absolute Gasteiger partial charge is 0.322 e. The Morgan fingerprint density at radius 2 is 1.70 bits per heavy atom. The number of piperidine rings is 1. The standard InChI is InChI=1S/C18H19N3O5S/c22-18(19-15-7-9-16(10-8-15)21(23)24)14-5-4-6-17(13-14)27(25,26)20-11-2-1-3-12-20/h4-10,13H,1-3,11-12H2,(H,19,22). The molecule has 1 N–H and O–H groups in total. The van der Waals surface area contributed by atoms with Crippen molar-refractivity contribution in [3.05, 3.63) is 64.2 Å². The summed E-state index contributed by atoms with van der Waals surface area (Å²) in [6.45, 7) is 0.975. The first-order chi connectivity index (χ1) is 12.9. The van der Waals surface area contributed by atoms with Crippen molar-refractivity contribution in [2.75, 3.05) is 18.4 Å². The molecule has 0 unspecified atom stereocenters. The molecule has 0 aliphatic carbocycles. The van der Waals surface area contributed by atoms with Crippen molar-refractivity contribution in [1.29, 1.82) is 0 Å². The molecule has 2 aromatic rings. The van der Waals surface area contributed by atoms with Gasteiger partial charge in [0.15, 0.2) is 0 Å². The summed E-state index contributed by atoms with van der Waals surface area (Å²) in [4.78, 5) is 22.7. The summed E-state index contributed by atoms with van der Waals surface area (Å²) >= 11 is 0. The first-order valence-corrected chi connectivity index (χ1v) is 9.98. The van der Waals surface area contributed by atoms with Crippen molar-refractivity contribution in [2.45, 2.75) is 24.2 Å². The van der Waals surface area contributed by atoms with Crippen molar-refractivity contribution in [1.82, 2.24) is 4.31 Å². The van der Waals surface area contributed by atoms with E-state index in [0.29, 0.717) is 18.8 Å². The van der Waals surface area contributed by atoms with Crippen LogP contribution in [0.5, 0.6) is 0 Å². The smallest absolute Gasteiger partial charge is 0.269 e. The van der Waals surface area contributed by atoms with Crippen LogP contribution in [0.25, 0.3) is 0 Å². The van der Waals surface area contributed by atoms with E-state index in [1.807, 2.05) is 0 Å². The molecule has 0 spiro atoms. The Bertz CT molecular complexity index is 951. The van der Waals surface area contributed by atoms with Gasteiger partial charge in [-0.3, -0.25) is 14.9 Å². The lowest BCUT2D eigenvalue weighted by molar-refractivity contribution is -0.384. The van der Waals surface area contributed by atoms with E-state index < -0.39 is 20.9 Å². The number of hydrogen-bond donors (Lipinski definition) is 1. The summed E-state index contributed by atoms with van der Waals surface area (Å²) in [6.07, 6.45) is 2.68. The number of carbonyl (C=O) groups excluding carboxylic acids is 1. The molecule has 1 amide bonds. The monoisotopic (exact) mass is 389 g/mol. The number of non-ortho nitro benzene ring substituents is 1. The zero-order valence-corrected chi connectivity index (χ0v) is 15.3. The summed E-state index contributed by atoms with van der Waals surface area (Å²) in [5.41, 5.74) is 0.504. The Morgan fingerprint density at radius 1 is 1.04 bits per heavy atom. The predicted molar refractivity (Wildman–Crippen MR) is 100 cm³/mol. The second-order valence-electron chi connectivity index (χ2n) is 6.25. The van der Waals surface area contributed by atoms with E-state index in [2.05, 4.69) is 5.32 Å². The lowest BCUT2D eigenvalue weighted by Gasteiger charge is -2.26. The fraction of sp³-hybridized carbons (Fsp3) is 0.278. The van der Waals surface area contributed by atoms with E-state index in [-0.39, 0.29) is 16.1 Å². The summed E-state index contributed by atoms with van der Waals surface area (Å²) in [7, 11) is -3.63. The van der Waals surface area contributed by atoms with Crippen LogP contribution in [0.15, 0.2) is 53.4 Å². The minimum absolute atomic E-state index is 0.0809. The maximum absolute atomic E-state index is 12.8. The highest BCUT2D eigenvalue weighted by Crippen LogP contribution is 2.22. The maximum atomic E-state index is 12.8. The Balaban J connectivity index is 1.78. The number of nitrogens with zero attached hydrogens (tertiary/aromatic N) is 2. The number of anilines is 1. The number of nitro groups is 1. The van der Waals surface area contributed by atoms with E-state index >= 15 is 0 Å². The SMILES string of the molecule is O=C(Nc1ccc([N+](=O)[O-])cc1)c1cccc(S(=O)(=O)N2CCCCC2)c1. The van der Waals surface area contributed by atoms with Crippen LogP contribution < -0.4 is 5.32 Å². The minimum Gasteiger partial charge on any atom is -0.322 e. The van der Waals surface area contributed by atoms with Gasteiger partial charge < -0.3 is 5.32 Å². The average molecular weight is 389 g/mol. The van der Waals surface area contributed by atoms with Crippen LogP contribution in [-0.4, -0.2) is 36.6 Å². The lowest BCUT2D eigenvalue weighted by atomic mass is 10.2. The molecule has 0 bridgehead atoms. The van der Waals surface area contributed by atoms with Gasteiger partial charge >= 0.3 is 0 Å². The number of rotatable bonds is 5. The van der Waals surface area contributed by atoms with Crippen LogP contribution in [0.1, 0.15) is 29.6 Å². The second kappa shape index (κ2) is 7.85. The maximum Gasteiger partial charge on any atom is 0.269 e. The summed E-state index contributed by atoms with van der Waals surface area (Å²) in [6, 6.07) is 11.3. The number of amides is 1. The van der Waals surface area contributed by atoms with Gasteiger partial charge in [0.1, 0.15) is 0 Å². The molecule has 0 saturated carbocycles. The van der Waals surface area contributed by atoms with Crippen molar-refractivity contribution >= 4 is 27.3 Å². The average Bonchev–Trinajstić information content (AvgIpc) is 2.69. The van der Waals surface area contributed by atoms with Gasteiger partial charge in [-0.25, -0.2) is 8.42 Å². The number of benzene rings is 2. The molecular weight excluding hydrogens is 370 g/mol. The molecule has 1 saturated heterocycles. The number of carbonyl (C=O) groups is 1. The molecule has 1 aliphatic rings. The zero-order chi connectivity index (χ0) is 19.4. The molecule has 1 aliphatic heterocycles. The Hall–Kier alpha value is -2.78. The van der Waals surface area contributed by atoms with Gasteiger partial charge in [0.25, 0.3) is 11.6 Å². The molecule has 0 atom stereocenters. The van der Waals surface area contributed by atoms with Gasteiger partial charge in [-0.2, -0.15) is 4.31 Å². The molecule has 2 aromatic carbocycles. The van der Waals surface area contributed by atoms with Crippen LogP contribution >= 0.6 is 0 Å². The molecule has 9 heteroatoms. The van der Waals surface area contributed by atoms with Gasteiger partial charge in [-0.05, 0) is 43.2 Å². The normalized spacial score (nSPS) is 15.3. The topological polar surface area (TPSA) is 110 Å². The van der Waals surface area contributed by atoms with E-state index in [9.17, 15) is 23.3 Å². The van der Waals surface area contributed by atoms with Crippen molar-refractivity contribution in [2.24, 2.45) is 0 Å². The van der Waals surface area contributed by atoms with Crippen LogP contribution in [-0.2, 0) is 10.0 Å². The van der Waals surface area contributed by atoms with E-state index in [4.69, 9.17) is 0 Å². The summed E-state index contributed by atoms with van der Waals surface area (Å²) < 4.78 is 27.0. The molecule has 142 valence electrons. The van der Waals surface area contributed by atoms with Crippen LogP contribution in [0.4, 0.5) is 11.4 Å². The molecule has 1 heterocycles. The van der Waals surface area contributed by atoms with Gasteiger partial charge in [0, 0.05) is 36.5 Å². The van der Waals surface area contributed by atoms with E-state index in [1.54, 1.807) is 0 Å². The third-order valence-corrected chi connectivity index (χ3v) is 6.28. The predicted octanol–water partition coefficient (Wildman–Crippen LogP) is 3.02. The Labute approximate surface area is 157 Å². The van der Waals surface area contributed by atoms with Gasteiger partial charge in [0.05, 0.1) is 9.82 Å². The number of hydrogen-bond acceptors (Lipinski definition) is 5.